The van der Waals surface area contributed by atoms with E-state index in [9.17, 15) is 14.7 Å². The maximum absolute atomic E-state index is 13.3. The minimum absolute atomic E-state index is 0.0678. The van der Waals surface area contributed by atoms with E-state index in [-0.39, 0.29) is 17.9 Å². The topological polar surface area (TPSA) is 90.7 Å². The summed E-state index contributed by atoms with van der Waals surface area (Å²) in [6, 6.07) is 6.93. The molecule has 1 aromatic carbocycles. The zero-order valence-corrected chi connectivity index (χ0v) is 17.9. The van der Waals surface area contributed by atoms with E-state index in [1.54, 1.807) is 22.8 Å². The van der Waals surface area contributed by atoms with Gasteiger partial charge in [-0.2, -0.15) is 0 Å². The van der Waals surface area contributed by atoms with Gasteiger partial charge in [0.1, 0.15) is 12.4 Å². The highest BCUT2D eigenvalue weighted by Crippen LogP contribution is 2.43. The number of phenols is 1. The Hall–Kier alpha value is -2.46. The number of carbonyl (C=O) groups excluding carboxylic acids is 1. The Morgan fingerprint density at radius 1 is 1.31 bits per heavy atom. The van der Waals surface area contributed by atoms with Crippen molar-refractivity contribution >= 4 is 39.5 Å². The molecule has 1 N–H and O–H groups in total. The number of carbonyl (C=O) groups is 1. The number of nitrogens with zero attached hydrogens (tertiary/aromatic N) is 2. The molecule has 0 bridgehead atoms. The molecule has 2 aromatic heterocycles. The number of rotatable bonds is 2. The number of phenolic OH excluding ortho intramolecular Hbond substituents is 1. The lowest BCUT2D eigenvalue weighted by Gasteiger charge is -2.31. The lowest BCUT2D eigenvalue weighted by atomic mass is 9.97. The fourth-order valence-corrected chi connectivity index (χ4v) is 4.94. The van der Waals surface area contributed by atoms with Gasteiger partial charge in [0.15, 0.2) is 0 Å². The molecule has 148 valence electrons. The van der Waals surface area contributed by atoms with Crippen LogP contribution in [-0.4, -0.2) is 27.7 Å². The Morgan fingerprint density at radius 3 is 2.83 bits per heavy atom. The number of benzene rings is 1. The monoisotopic (exact) mass is 504 g/mol. The Bertz CT molecular complexity index is 1280. The van der Waals surface area contributed by atoms with Gasteiger partial charge in [-0.25, -0.2) is 9.78 Å². The highest BCUT2D eigenvalue weighted by molar-refractivity contribution is 14.1. The number of halogens is 1. The lowest BCUT2D eigenvalue weighted by molar-refractivity contribution is -0.161. The number of aryl methyl sites for hydroxylation is 1. The normalized spacial score (nSPS) is 19.6. The van der Waals surface area contributed by atoms with Crippen LogP contribution in [0.15, 0.2) is 29.1 Å². The molecule has 3 aromatic rings. The SMILES string of the molecule is CCc1c2c(nc3ccc(O)cc13)-c1cc3c(c(=O)n1C2)COC(=O)[C@@]3(I)OC. The molecule has 7 nitrogen and oxygen atoms in total. The van der Waals surface area contributed by atoms with Crippen molar-refractivity contribution in [3.63, 3.8) is 0 Å². The fourth-order valence-electron chi connectivity index (χ4n) is 4.30. The van der Waals surface area contributed by atoms with E-state index in [1.807, 2.05) is 35.6 Å². The maximum atomic E-state index is 13.3. The van der Waals surface area contributed by atoms with Crippen LogP contribution in [-0.2, 0) is 37.4 Å². The standard InChI is InChI=1S/C21H17IN2O5/c1-3-11-12-6-10(25)4-5-16(12)23-18-13(11)8-24-17(18)7-15-14(19(24)26)9-29-20(27)21(15,22)28-2/h4-7,25H,3,8-9H2,1-2H3/t21-/m0/s1. The summed E-state index contributed by atoms with van der Waals surface area (Å²) in [5.74, 6) is -0.339. The van der Waals surface area contributed by atoms with Gasteiger partial charge in [0.25, 0.3) is 5.56 Å². The molecule has 4 heterocycles. The number of pyridine rings is 2. The second-order valence-corrected chi connectivity index (χ2v) is 8.68. The van der Waals surface area contributed by atoms with E-state index in [2.05, 4.69) is 0 Å². The van der Waals surface area contributed by atoms with Gasteiger partial charge in [-0.1, -0.05) is 6.92 Å². The number of methoxy groups -OCH3 is 1. The smallest absolute Gasteiger partial charge is 0.353 e. The minimum Gasteiger partial charge on any atom is -0.508 e. The quantitative estimate of drug-likeness (QED) is 0.257. The summed E-state index contributed by atoms with van der Waals surface area (Å²) in [7, 11) is 1.43. The van der Waals surface area contributed by atoms with Gasteiger partial charge in [-0.15, -0.1) is 0 Å². The molecule has 8 heteroatoms. The largest absolute Gasteiger partial charge is 0.508 e. The molecule has 0 saturated carbocycles. The van der Waals surface area contributed by atoms with Gasteiger partial charge in [0, 0.05) is 23.6 Å². The van der Waals surface area contributed by atoms with Gasteiger partial charge in [-0.05, 0) is 58.8 Å². The molecule has 1 atom stereocenters. The molecular formula is C21H17IN2O5. The van der Waals surface area contributed by atoms with E-state index in [0.29, 0.717) is 23.4 Å². The number of hydrogen-bond donors (Lipinski definition) is 1. The van der Waals surface area contributed by atoms with E-state index >= 15 is 0 Å². The molecular weight excluding hydrogens is 487 g/mol. The highest BCUT2D eigenvalue weighted by atomic mass is 127. The van der Waals surface area contributed by atoms with Crippen molar-refractivity contribution in [3.05, 3.63) is 56.9 Å². The van der Waals surface area contributed by atoms with Crippen molar-refractivity contribution in [1.82, 2.24) is 9.55 Å². The van der Waals surface area contributed by atoms with Gasteiger partial charge in [-0.3, -0.25) is 4.79 Å². The molecule has 29 heavy (non-hydrogen) atoms. The van der Waals surface area contributed by atoms with Gasteiger partial charge in [0.05, 0.1) is 29.0 Å². The molecule has 0 amide bonds. The molecule has 0 spiro atoms. The van der Waals surface area contributed by atoms with Gasteiger partial charge >= 0.3 is 5.97 Å². The summed E-state index contributed by atoms with van der Waals surface area (Å²) < 4.78 is 11.0. The second-order valence-electron chi connectivity index (χ2n) is 7.16. The van der Waals surface area contributed by atoms with Crippen molar-refractivity contribution in [2.45, 2.75) is 30.1 Å². The molecule has 0 saturated heterocycles. The van der Waals surface area contributed by atoms with E-state index in [0.717, 1.165) is 34.1 Å². The molecule has 5 rings (SSSR count). The number of aromatic nitrogens is 2. The number of ether oxygens (including phenoxy) is 2. The van der Waals surface area contributed by atoms with Crippen LogP contribution in [0.3, 0.4) is 0 Å². The van der Waals surface area contributed by atoms with Crippen LogP contribution >= 0.6 is 22.6 Å². The van der Waals surface area contributed by atoms with E-state index in [4.69, 9.17) is 14.5 Å². The third-order valence-corrected chi connectivity index (χ3v) is 7.20. The lowest BCUT2D eigenvalue weighted by Crippen LogP contribution is -2.41. The van der Waals surface area contributed by atoms with Crippen molar-refractivity contribution in [2.24, 2.45) is 0 Å². The third-order valence-electron chi connectivity index (χ3n) is 5.74. The van der Waals surface area contributed by atoms with E-state index < -0.39 is 9.58 Å². The summed E-state index contributed by atoms with van der Waals surface area (Å²) in [6.45, 7) is 2.37. The van der Waals surface area contributed by atoms with Crippen LogP contribution in [0, 0.1) is 0 Å². The minimum atomic E-state index is -1.36. The van der Waals surface area contributed by atoms with Gasteiger partial charge < -0.3 is 19.1 Å². The van der Waals surface area contributed by atoms with E-state index in [1.165, 1.54) is 7.11 Å². The number of hydrogen-bond acceptors (Lipinski definition) is 6. The van der Waals surface area contributed by atoms with Crippen LogP contribution < -0.4 is 5.56 Å². The molecule has 2 aliphatic rings. The predicted molar refractivity (Wildman–Crippen MR) is 114 cm³/mol. The average Bonchev–Trinajstić information content (AvgIpc) is 3.08. The zero-order valence-electron chi connectivity index (χ0n) is 15.8. The van der Waals surface area contributed by atoms with Crippen molar-refractivity contribution < 1.29 is 19.4 Å². The molecule has 0 aliphatic carbocycles. The number of esters is 1. The van der Waals surface area contributed by atoms with Gasteiger partial charge in [0.2, 0.25) is 3.61 Å². The second kappa shape index (κ2) is 6.27. The first-order valence-electron chi connectivity index (χ1n) is 9.22. The number of fused-ring (bicyclic) bond motifs is 5. The molecule has 2 aliphatic heterocycles. The van der Waals surface area contributed by atoms with Crippen LogP contribution in [0.2, 0.25) is 0 Å². The van der Waals surface area contributed by atoms with Crippen LogP contribution in [0.1, 0.15) is 29.2 Å². The third kappa shape index (κ3) is 2.42. The maximum Gasteiger partial charge on any atom is 0.353 e. The average molecular weight is 504 g/mol. The van der Waals surface area contributed by atoms with Crippen LogP contribution in [0.5, 0.6) is 5.75 Å². The molecule has 0 fully saturated rings. The zero-order chi connectivity index (χ0) is 20.5. The molecule has 0 unspecified atom stereocenters. The summed E-state index contributed by atoms with van der Waals surface area (Å²) in [6.07, 6.45) is 0.739. The first-order valence-corrected chi connectivity index (χ1v) is 10.3. The number of alkyl halides is 1. The Labute approximate surface area is 179 Å². The Morgan fingerprint density at radius 2 is 2.10 bits per heavy atom. The highest BCUT2D eigenvalue weighted by Gasteiger charge is 2.46. The first kappa shape index (κ1) is 18.6. The summed E-state index contributed by atoms with van der Waals surface area (Å²) >= 11 is 1.89. The Kier molecular flexibility index (Phi) is 4.01. The van der Waals surface area contributed by atoms with Crippen molar-refractivity contribution in [1.29, 1.82) is 0 Å². The molecule has 0 radical (unpaired) electrons. The van der Waals surface area contributed by atoms with Crippen molar-refractivity contribution in [3.8, 4) is 17.1 Å². The summed E-state index contributed by atoms with van der Waals surface area (Å²) in [4.78, 5) is 30.4. The summed E-state index contributed by atoms with van der Waals surface area (Å²) in [5, 5.41) is 10.8. The fraction of sp³-hybridized carbons (Fsp3) is 0.286. The summed E-state index contributed by atoms with van der Waals surface area (Å²) in [5.41, 5.74) is 4.92. The number of aromatic hydroxyl groups is 1. The predicted octanol–water partition coefficient (Wildman–Crippen LogP) is 2.98. The van der Waals surface area contributed by atoms with Crippen LogP contribution in [0.25, 0.3) is 22.3 Å². The van der Waals surface area contributed by atoms with Crippen molar-refractivity contribution in [2.75, 3.05) is 7.11 Å². The Balaban J connectivity index is 1.84. The number of cyclic esters (lactones) is 1. The first-order chi connectivity index (χ1) is 13.9. The van der Waals surface area contributed by atoms with Crippen LogP contribution in [0.4, 0.5) is 0 Å².